The first-order valence-electron chi connectivity index (χ1n) is 5.26. The van der Waals surface area contributed by atoms with Gasteiger partial charge in [-0.15, -0.1) is 11.3 Å². The highest BCUT2D eigenvalue weighted by atomic mass is 79.9. The minimum Gasteiger partial charge on any atom is -0.487 e. The van der Waals surface area contributed by atoms with E-state index >= 15 is 0 Å². The van der Waals surface area contributed by atoms with Gasteiger partial charge in [0, 0.05) is 10.0 Å². The van der Waals surface area contributed by atoms with Crippen LogP contribution in [-0.2, 0) is 13.2 Å². The molecular weight excluding hydrogens is 300 g/mol. The van der Waals surface area contributed by atoms with Gasteiger partial charge in [-0.3, -0.25) is 0 Å². The first-order valence-corrected chi connectivity index (χ1v) is 6.93. The highest BCUT2D eigenvalue weighted by Crippen LogP contribution is 2.28. The van der Waals surface area contributed by atoms with E-state index in [2.05, 4.69) is 15.9 Å². The minimum absolute atomic E-state index is 0.00260. The fourth-order valence-corrected chi connectivity index (χ4v) is 2.99. The van der Waals surface area contributed by atoms with E-state index in [1.165, 1.54) is 0 Å². The van der Waals surface area contributed by atoms with Gasteiger partial charge in [-0.05, 0) is 39.9 Å². The molecule has 1 aromatic carbocycles. The standard InChI is InChI=1S/C13H13BrO2S/c1-9-3-2-4-10(7-15)13(9)16-8-12-11(14)5-6-17-12/h2-6,15H,7-8H2,1H3. The molecular formula is C13H13BrO2S. The van der Waals surface area contributed by atoms with Crippen molar-refractivity contribution < 1.29 is 9.84 Å². The van der Waals surface area contributed by atoms with Crippen LogP contribution in [0.5, 0.6) is 5.75 Å². The number of thiophene rings is 1. The van der Waals surface area contributed by atoms with E-state index in [9.17, 15) is 5.11 Å². The van der Waals surface area contributed by atoms with Crippen molar-refractivity contribution in [2.24, 2.45) is 0 Å². The number of aliphatic hydroxyl groups is 1. The van der Waals surface area contributed by atoms with Crippen LogP contribution in [0.1, 0.15) is 16.0 Å². The molecule has 2 aromatic rings. The lowest BCUT2D eigenvalue weighted by atomic mass is 10.1. The van der Waals surface area contributed by atoms with E-state index in [-0.39, 0.29) is 6.61 Å². The van der Waals surface area contributed by atoms with Gasteiger partial charge in [-0.2, -0.15) is 0 Å². The monoisotopic (exact) mass is 312 g/mol. The van der Waals surface area contributed by atoms with Gasteiger partial charge in [0.2, 0.25) is 0 Å². The Morgan fingerprint density at radius 1 is 1.35 bits per heavy atom. The van der Waals surface area contributed by atoms with Gasteiger partial charge in [-0.1, -0.05) is 18.2 Å². The van der Waals surface area contributed by atoms with E-state index < -0.39 is 0 Å². The molecule has 0 saturated carbocycles. The topological polar surface area (TPSA) is 29.5 Å². The molecule has 0 aliphatic carbocycles. The van der Waals surface area contributed by atoms with E-state index in [0.717, 1.165) is 26.2 Å². The van der Waals surface area contributed by atoms with Gasteiger partial charge in [-0.25, -0.2) is 0 Å². The van der Waals surface area contributed by atoms with E-state index in [1.807, 2.05) is 36.6 Å². The SMILES string of the molecule is Cc1cccc(CO)c1OCc1sccc1Br. The molecule has 0 amide bonds. The molecule has 2 rings (SSSR count). The zero-order valence-corrected chi connectivity index (χ0v) is 11.8. The minimum atomic E-state index is 0.00260. The lowest BCUT2D eigenvalue weighted by molar-refractivity contribution is 0.259. The van der Waals surface area contributed by atoms with Gasteiger partial charge in [0.1, 0.15) is 12.4 Å². The summed E-state index contributed by atoms with van der Waals surface area (Å²) in [6, 6.07) is 7.80. The molecule has 0 atom stereocenters. The average molecular weight is 313 g/mol. The molecule has 0 unspecified atom stereocenters. The Balaban J connectivity index is 2.16. The van der Waals surface area contributed by atoms with Crippen LogP contribution < -0.4 is 4.74 Å². The number of aryl methyl sites for hydroxylation is 1. The number of halogens is 1. The number of hydrogen-bond acceptors (Lipinski definition) is 3. The Kier molecular flexibility index (Phi) is 4.20. The van der Waals surface area contributed by atoms with E-state index in [1.54, 1.807) is 11.3 Å². The summed E-state index contributed by atoms with van der Waals surface area (Å²) < 4.78 is 6.88. The summed E-state index contributed by atoms with van der Waals surface area (Å²) in [6.45, 7) is 2.51. The number of para-hydroxylation sites is 1. The quantitative estimate of drug-likeness (QED) is 0.928. The maximum Gasteiger partial charge on any atom is 0.128 e. The second-order valence-corrected chi connectivity index (χ2v) is 5.56. The fraction of sp³-hybridized carbons (Fsp3) is 0.231. The molecule has 90 valence electrons. The summed E-state index contributed by atoms with van der Waals surface area (Å²) in [5.74, 6) is 0.787. The van der Waals surface area contributed by atoms with Crippen LogP contribution in [0.4, 0.5) is 0 Å². The Bertz CT molecular complexity index is 508. The van der Waals surface area contributed by atoms with Crippen molar-refractivity contribution in [1.82, 2.24) is 0 Å². The molecule has 17 heavy (non-hydrogen) atoms. The Morgan fingerprint density at radius 2 is 2.18 bits per heavy atom. The Morgan fingerprint density at radius 3 is 2.82 bits per heavy atom. The normalized spacial score (nSPS) is 10.5. The zero-order chi connectivity index (χ0) is 12.3. The highest BCUT2D eigenvalue weighted by molar-refractivity contribution is 9.10. The van der Waals surface area contributed by atoms with Crippen molar-refractivity contribution in [3.63, 3.8) is 0 Å². The smallest absolute Gasteiger partial charge is 0.128 e. The molecule has 0 radical (unpaired) electrons. The summed E-state index contributed by atoms with van der Waals surface area (Å²) in [5, 5.41) is 11.3. The van der Waals surface area contributed by atoms with Crippen LogP contribution in [0, 0.1) is 6.92 Å². The average Bonchev–Trinajstić information content (AvgIpc) is 2.73. The van der Waals surface area contributed by atoms with Crippen molar-refractivity contribution in [3.8, 4) is 5.75 Å². The van der Waals surface area contributed by atoms with Crippen LogP contribution in [0.25, 0.3) is 0 Å². The van der Waals surface area contributed by atoms with Gasteiger partial charge in [0.05, 0.1) is 11.5 Å². The second-order valence-electron chi connectivity index (χ2n) is 3.70. The summed E-state index contributed by atoms with van der Waals surface area (Å²) in [5.41, 5.74) is 1.88. The third kappa shape index (κ3) is 2.89. The van der Waals surface area contributed by atoms with E-state index in [4.69, 9.17) is 4.74 Å². The first-order chi connectivity index (χ1) is 8.22. The largest absolute Gasteiger partial charge is 0.487 e. The van der Waals surface area contributed by atoms with Crippen molar-refractivity contribution >= 4 is 27.3 Å². The van der Waals surface area contributed by atoms with Crippen molar-refractivity contribution in [3.05, 3.63) is 50.1 Å². The maximum absolute atomic E-state index is 9.27. The van der Waals surface area contributed by atoms with Crippen LogP contribution in [0.2, 0.25) is 0 Å². The molecule has 4 heteroatoms. The van der Waals surface area contributed by atoms with Crippen molar-refractivity contribution in [1.29, 1.82) is 0 Å². The number of benzene rings is 1. The molecule has 1 N–H and O–H groups in total. The molecule has 0 spiro atoms. The molecule has 0 aliphatic rings. The van der Waals surface area contributed by atoms with Gasteiger partial charge >= 0.3 is 0 Å². The lowest BCUT2D eigenvalue weighted by Gasteiger charge is -2.12. The summed E-state index contributed by atoms with van der Waals surface area (Å²) in [4.78, 5) is 1.15. The van der Waals surface area contributed by atoms with Gasteiger partial charge < -0.3 is 9.84 Å². The molecule has 0 aliphatic heterocycles. The molecule has 1 aromatic heterocycles. The Labute approximate surface area is 113 Å². The van der Waals surface area contributed by atoms with Crippen LogP contribution >= 0.6 is 27.3 Å². The molecule has 0 fully saturated rings. The summed E-state index contributed by atoms with van der Waals surface area (Å²) >= 11 is 5.13. The molecule has 2 nitrogen and oxygen atoms in total. The van der Waals surface area contributed by atoms with Crippen LogP contribution in [-0.4, -0.2) is 5.11 Å². The number of ether oxygens (including phenoxy) is 1. The predicted molar refractivity (Wildman–Crippen MR) is 73.5 cm³/mol. The summed E-state index contributed by atoms with van der Waals surface area (Å²) in [7, 11) is 0. The van der Waals surface area contributed by atoms with Gasteiger partial charge in [0.25, 0.3) is 0 Å². The predicted octanol–water partition coefficient (Wildman–Crippen LogP) is 3.89. The van der Waals surface area contributed by atoms with Crippen molar-refractivity contribution in [2.45, 2.75) is 20.1 Å². The Hall–Kier alpha value is -0.840. The number of hydrogen-bond donors (Lipinski definition) is 1. The van der Waals surface area contributed by atoms with Gasteiger partial charge in [0.15, 0.2) is 0 Å². The molecule has 0 saturated heterocycles. The first kappa shape index (κ1) is 12.6. The maximum atomic E-state index is 9.27. The highest BCUT2D eigenvalue weighted by Gasteiger charge is 2.08. The third-order valence-electron chi connectivity index (χ3n) is 2.50. The molecule has 0 bridgehead atoms. The third-order valence-corrected chi connectivity index (χ3v) is 4.40. The van der Waals surface area contributed by atoms with Crippen molar-refractivity contribution in [2.75, 3.05) is 0 Å². The van der Waals surface area contributed by atoms with Crippen LogP contribution in [0.3, 0.4) is 0 Å². The number of rotatable bonds is 4. The molecule has 1 heterocycles. The second kappa shape index (κ2) is 5.67. The lowest BCUT2D eigenvalue weighted by Crippen LogP contribution is -1.99. The fourth-order valence-electron chi connectivity index (χ4n) is 1.61. The van der Waals surface area contributed by atoms with Crippen LogP contribution in [0.15, 0.2) is 34.1 Å². The van der Waals surface area contributed by atoms with E-state index in [0.29, 0.717) is 6.61 Å². The number of aliphatic hydroxyl groups excluding tert-OH is 1. The zero-order valence-electron chi connectivity index (χ0n) is 9.44. The summed E-state index contributed by atoms with van der Waals surface area (Å²) in [6.07, 6.45) is 0.